The Morgan fingerprint density at radius 3 is 2.44 bits per heavy atom. The fourth-order valence-electron chi connectivity index (χ4n) is 3.03. The van der Waals surface area contributed by atoms with Gasteiger partial charge in [-0.3, -0.25) is 19.2 Å². The van der Waals surface area contributed by atoms with Crippen LogP contribution in [0, 0.1) is 0 Å². The number of hydrogen-bond acceptors (Lipinski definition) is 7. The molecule has 1 heterocycles. The molecule has 8 N–H and O–H groups in total. The van der Waals surface area contributed by atoms with Gasteiger partial charge < -0.3 is 36.9 Å². The highest BCUT2D eigenvalue weighted by atomic mass is 32.1. The van der Waals surface area contributed by atoms with Gasteiger partial charge >= 0.3 is 5.97 Å². The zero-order valence-electron chi connectivity index (χ0n) is 17.4. The van der Waals surface area contributed by atoms with E-state index in [9.17, 15) is 24.3 Å². The fraction of sp³-hybridized carbons (Fsp3) is 0.400. The smallest absolute Gasteiger partial charge is 0.322 e. The van der Waals surface area contributed by atoms with Crippen molar-refractivity contribution in [1.82, 2.24) is 20.9 Å². The molecular formula is C20H27N5O6S. The number of aromatic amines is 1. The Morgan fingerprint density at radius 2 is 1.81 bits per heavy atom. The van der Waals surface area contributed by atoms with Crippen LogP contribution in [-0.4, -0.2) is 75.4 Å². The quantitative estimate of drug-likeness (QED) is 0.186. The lowest BCUT2D eigenvalue weighted by atomic mass is 10.0. The van der Waals surface area contributed by atoms with E-state index in [1.54, 1.807) is 6.20 Å². The lowest BCUT2D eigenvalue weighted by Crippen LogP contribution is -2.59. The number of para-hydroxylation sites is 1. The molecule has 0 aliphatic rings. The number of fused-ring (bicyclic) bond motifs is 1. The van der Waals surface area contributed by atoms with E-state index < -0.39 is 54.5 Å². The van der Waals surface area contributed by atoms with Gasteiger partial charge in [0, 0.05) is 22.9 Å². The topological polar surface area (TPSA) is 187 Å². The predicted octanol–water partition coefficient (Wildman–Crippen LogP) is -1.48. The standard InChI is InChI=1S/C20H27N5O6S/c1-10(26)17(20(31)23-8-16(27)28)25-19(30)15(9-32)24-18(29)13(21)6-11-7-22-14-5-3-2-4-12(11)14/h2-5,7,10,13,15,17,22,26,32H,6,8-9,21H2,1H3,(H,23,31)(H,24,29)(H,25,30)(H,27,28). The Bertz CT molecular complexity index is 978. The summed E-state index contributed by atoms with van der Waals surface area (Å²) in [6.45, 7) is 0.587. The molecule has 2 rings (SSSR count). The Hall–Kier alpha value is -3.09. The van der Waals surface area contributed by atoms with Crippen LogP contribution in [-0.2, 0) is 25.6 Å². The van der Waals surface area contributed by atoms with Crippen molar-refractivity contribution in [1.29, 1.82) is 0 Å². The highest BCUT2D eigenvalue weighted by Crippen LogP contribution is 2.18. The molecule has 0 fully saturated rings. The molecule has 0 aliphatic carbocycles. The Morgan fingerprint density at radius 1 is 1.12 bits per heavy atom. The van der Waals surface area contributed by atoms with E-state index in [1.807, 2.05) is 24.3 Å². The highest BCUT2D eigenvalue weighted by molar-refractivity contribution is 7.80. The van der Waals surface area contributed by atoms with Crippen molar-refractivity contribution < 1.29 is 29.4 Å². The Kier molecular flexibility index (Phi) is 9.05. The number of carboxylic acids is 1. The molecule has 1 aromatic carbocycles. The third-order valence-corrected chi connectivity index (χ3v) is 5.11. The number of aromatic nitrogens is 1. The molecule has 0 aliphatic heterocycles. The van der Waals surface area contributed by atoms with Crippen LogP contribution in [0.4, 0.5) is 0 Å². The largest absolute Gasteiger partial charge is 0.480 e. The summed E-state index contributed by atoms with van der Waals surface area (Å²) in [6.07, 6.45) is 0.682. The Balaban J connectivity index is 1.99. The molecule has 0 saturated carbocycles. The van der Waals surface area contributed by atoms with Crippen LogP contribution in [0.2, 0.25) is 0 Å². The molecule has 3 amide bonds. The summed E-state index contributed by atoms with van der Waals surface area (Å²) < 4.78 is 0. The molecule has 0 saturated heterocycles. The molecule has 12 heteroatoms. The van der Waals surface area contributed by atoms with Gasteiger partial charge in [0.15, 0.2) is 0 Å². The summed E-state index contributed by atoms with van der Waals surface area (Å²) >= 11 is 4.07. The van der Waals surface area contributed by atoms with E-state index in [-0.39, 0.29) is 12.2 Å². The first kappa shape index (κ1) is 25.2. The van der Waals surface area contributed by atoms with Crippen molar-refractivity contribution in [2.75, 3.05) is 12.3 Å². The SMILES string of the molecule is CC(O)C(NC(=O)C(CS)NC(=O)C(N)Cc1c[nH]c2ccccc12)C(=O)NCC(=O)O. The van der Waals surface area contributed by atoms with Gasteiger partial charge in [-0.25, -0.2) is 0 Å². The third kappa shape index (κ3) is 6.70. The number of rotatable bonds is 11. The van der Waals surface area contributed by atoms with E-state index in [2.05, 4.69) is 33.6 Å². The maximum absolute atomic E-state index is 12.6. The minimum Gasteiger partial charge on any atom is -0.480 e. The number of carboxylic acid groups (broad SMARTS) is 1. The number of thiol groups is 1. The monoisotopic (exact) mass is 465 g/mol. The molecule has 4 unspecified atom stereocenters. The van der Waals surface area contributed by atoms with Gasteiger partial charge in [-0.1, -0.05) is 18.2 Å². The van der Waals surface area contributed by atoms with Crippen molar-refractivity contribution in [3.05, 3.63) is 36.0 Å². The number of nitrogens with one attached hydrogen (secondary N) is 4. The maximum atomic E-state index is 12.6. The van der Waals surface area contributed by atoms with E-state index in [4.69, 9.17) is 10.8 Å². The number of nitrogens with two attached hydrogens (primary N) is 1. The predicted molar refractivity (Wildman–Crippen MR) is 120 cm³/mol. The van der Waals surface area contributed by atoms with Gasteiger partial charge in [0.25, 0.3) is 0 Å². The summed E-state index contributed by atoms with van der Waals surface area (Å²) in [6, 6.07) is 4.06. The number of aliphatic hydroxyl groups is 1. The maximum Gasteiger partial charge on any atom is 0.322 e. The molecule has 0 bridgehead atoms. The molecule has 4 atom stereocenters. The summed E-state index contributed by atoms with van der Waals surface area (Å²) in [4.78, 5) is 50.9. The third-order valence-electron chi connectivity index (χ3n) is 4.74. The van der Waals surface area contributed by atoms with Crippen LogP contribution in [0.15, 0.2) is 30.5 Å². The van der Waals surface area contributed by atoms with Crippen LogP contribution < -0.4 is 21.7 Å². The highest BCUT2D eigenvalue weighted by Gasteiger charge is 2.30. The molecule has 11 nitrogen and oxygen atoms in total. The van der Waals surface area contributed by atoms with Gasteiger partial charge in [-0.2, -0.15) is 12.6 Å². The van der Waals surface area contributed by atoms with E-state index in [0.29, 0.717) is 0 Å². The van der Waals surface area contributed by atoms with Crippen LogP contribution in [0.1, 0.15) is 12.5 Å². The van der Waals surface area contributed by atoms with Gasteiger partial charge in [-0.05, 0) is 25.0 Å². The number of aliphatic hydroxyl groups excluding tert-OH is 1. The van der Waals surface area contributed by atoms with E-state index in [1.165, 1.54) is 6.92 Å². The number of amides is 3. The second kappa shape index (κ2) is 11.5. The van der Waals surface area contributed by atoms with Crippen LogP contribution in [0.5, 0.6) is 0 Å². The van der Waals surface area contributed by atoms with Gasteiger partial charge in [-0.15, -0.1) is 0 Å². The number of aliphatic carboxylic acids is 1. The van der Waals surface area contributed by atoms with Crippen LogP contribution in [0.3, 0.4) is 0 Å². The number of carbonyl (C=O) groups excluding carboxylic acids is 3. The van der Waals surface area contributed by atoms with E-state index >= 15 is 0 Å². The van der Waals surface area contributed by atoms with Crippen molar-refractivity contribution >= 4 is 47.2 Å². The first-order chi connectivity index (χ1) is 15.1. The fourth-order valence-corrected chi connectivity index (χ4v) is 3.29. The molecular weight excluding hydrogens is 438 g/mol. The summed E-state index contributed by atoms with van der Waals surface area (Å²) in [7, 11) is 0. The van der Waals surface area contributed by atoms with Crippen molar-refractivity contribution in [2.24, 2.45) is 5.73 Å². The number of hydrogen-bond donors (Lipinski definition) is 8. The molecule has 0 spiro atoms. The first-order valence-corrected chi connectivity index (χ1v) is 10.5. The van der Waals surface area contributed by atoms with Gasteiger partial charge in [0.2, 0.25) is 17.7 Å². The lowest BCUT2D eigenvalue weighted by molar-refractivity contribution is -0.139. The van der Waals surface area contributed by atoms with Crippen LogP contribution >= 0.6 is 12.6 Å². The minimum absolute atomic E-state index is 0.0966. The first-order valence-electron chi connectivity index (χ1n) is 9.83. The molecule has 1 aromatic heterocycles. The minimum atomic E-state index is -1.42. The normalized spacial score (nSPS) is 14.8. The number of H-pyrrole nitrogens is 1. The second-order valence-electron chi connectivity index (χ2n) is 7.25. The van der Waals surface area contributed by atoms with Gasteiger partial charge in [0.1, 0.15) is 18.6 Å². The van der Waals surface area contributed by atoms with E-state index in [0.717, 1.165) is 16.5 Å². The number of benzene rings is 1. The summed E-state index contributed by atoms with van der Waals surface area (Å²) in [5.41, 5.74) is 7.78. The average molecular weight is 466 g/mol. The Labute approximate surface area is 189 Å². The molecule has 2 aromatic rings. The van der Waals surface area contributed by atoms with Gasteiger partial charge in [0.05, 0.1) is 12.1 Å². The zero-order valence-corrected chi connectivity index (χ0v) is 18.3. The second-order valence-corrected chi connectivity index (χ2v) is 7.62. The number of carbonyl (C=O) groups is 4. The van der Waals surface area contributed by atoms with Crippen LogP contribution in [0.25, 0.3) is 10.9 Å². The average Bonchev–Trinajstić information content (AvgIpc) is 3.16. The summed E-state index contributed by atoms with van der Waals surface area (Å²) in [5.74, 6) is -3.62. The summed E-state index contributed by atoms with van der Waals surface area (Å²) in [5, 5.41) is 26.3. The molecule has 32 heavy (non-hydrogen) atoms. The van der Waals surface area contributed by atoms with Crippen molar-refractivity contribution in [3.63, 3.8) is 0 Å². The zero-order chi connectivity index (χ0) is 23.8. The molecule has 174 valence electrons. The van der Waals surface area contributed by atoms with Crippen molar-refractivity contribution in [2.45, 2.75) is 37.6 Å². The molecule has 0 radical (unpaired) electrons. The van der Waals surface area contributed by atoms with Crippen molar-refractivity contribution in [3.8, 4) is 0 Å². The lowest BCUT2D eigenvalue weighted by Gasteiger charge is -2.24.